The predicted octanol–water partition coefficient (Wildman–Crippen LogP) is 3.95. The molecule has 0 heterocycles. The molecule has 0 saturated carbocycles. The van der Waals surface area contributed by atoms with Crippen molar-refractivity contribution in [3.8, 4) is 0 Å². The second-order valence-electron chi connectivity index (χ2n) is 6.33. The number of hydrogen-bond acceptors (Lipinski definition) is 1. The zero-order valence-corrected chi connectivity index (χ0v) is 11.3. The largest absolute Gasteiger partial charge is 0.390 e. The van der Waals surface area contributed by atoms with E-state index in [1.165, 1.54) is 6.07 Å². The fourth-order valence-electron chi connectivity index (χ4n) is 1.78. The minimum atomic E-state index is -0.838. The molecule has 1 aromatic rings. The highest BCUT2D eigenvalue weighted by atomic mass is 19.1. The van der Waals surface area contributed by atoms with Crippen molar-refractivity contribution < 1.29 is 9.50 Å². The Labute approximate surface area is 104 Å². The van der Waals surface area contributed by atoms with E-state index in [4.69, 9.17) is 0 Å². The molecule has 1 aromatic carbocycles. The monoisotopic (exact) mass is 238 g/mol. The lowest BCUT2D eigenvalue weighted by molar-refractivity contribution is 0.0388. The molecule has 1 N–H and O–H groups in total. The van der Waals surface area contributed by atoms with Gasteiger partial charge >= 0.3 is 0 Å². The average Bonchev–Trinajstić information content (AvgIpc) is 2.18. The van der Waals surface area contributed by atoms with Crippen LogP contribution in [0.4, 0.5) is 4.39 Å². The van der Waals surface area contributed by atoms with Gasteiger partial charge in [0, 0.05) is 6.42 Å². The smallest absolute Gasteiger partial charge is 0.126 e. The first-order chi connectivity index (χ1) is 7.70. The van der Waals surface area contributed by atoms with E-state index in [0.717, 1.165) is 6.42 Å². The average molecular weight is 238 g/mol. The molecule has 0 radical (unpaired) electrons. The van der Waals surface area contributed by atoms with E-state index in [0.29, 0.717) is 18.4 Å². The van der Waals surface area contributed by atoms with Crippen LogP contribution >= 0.6 is 0 Å². The van der Waals surface area contributed by atoms with Crippen LogP contribution in [0.15, 0.2) is 24.3 Å². The van der Waals surface area contributed by atoms with Crippen molar-refractivity contribution in [2.24, 2.45) is 5.41 Å². The molecule has 0 aliphatic carbocycles. The molecule has 0 spiro atoms. The van der Waals surface area contributed by atoms with Crippen molar-refractivity contribution in [2.45, 2.75) is 52.6 Å². The molecule has 96 valence electrons. The Morgan fingerprint density at radius 1 is 1.06 bits per heavy atom. The first-order valence-corrected chi connectivity index (χ1v) is 6.15. The fourth-order valence-corrected chi connectivity index (χ4v) is 1.78. The van der Waals surface area contributed by atoms with Crippen molar-refractivity contribution in [3.05, 3.63) is 35.6 Å². The predicted molar refractivity (Wildman–Crippen MR) is 69.4 cm³/mol. The van der Waals surface area contributed by atoms with Gasteiger partial charge in [0.2, 0.25) is 0 Å². The lowest BCUT2D eigenvalue weighted by atomic mass is 9.83. The van der Waals surface area contributed by atoms with E-state index < -0.39 is 5.60 Å². The van der Waals surface area contributed by atoms with Crippen LogP contribution in [0.25, 0.3) is 0 Å². The summed E-state index contributed by atoms with van der Waals surface area (Å²) in [6, 6.07) is 6.65. The summed E-state index contributed by atoms with van der Waals surface area (Å²) < 4.78 is 13.5. The number of aliphatic hydroxyl groups is 1. The van der Waals surface area contributed by atoms with Crippen molar-refractivity contribution in [3.63, 3.8) is 0 Å². The molecule has 0 fully saturated rings. The van der Waals surface area contributed by atoms with Crippen LogP contribution in [0.1, 0.15) is 46.1 Å². The van der Waals surface area contributed by atoms with Gasteiger partial charge in [-0.15, -0.1) is 0 Å². The van der Waals surface area contributed by atoms with E-state index in [2.05, 4.69) is 20.8 Å². The molecular weight excluding hydrogens is 215 g/mol. The molecule has 1 rings (SSSR count). The van der Waals surface area contributed by atoms with Gasteiger partial charge in [0.05, 0.1) is 5.60 Å². The van der Waals surface area contributed by atoms with Gasteiger partial charge in [-0.25, -0.2) is 4.39 Å². The van der Waals surface area contributed by atoms with Gasteiger partial charge in [0.25, 0.3) is 0 Å². The summed E-state index contributed by atoms with van der Waals surface area (Å²) >= 11 is 0. The van der Waals surface area contributed by atoms with Gasteiger partial charge in [-0.05, 0) is 36.8 Å². The second-order valence-corrected chi connectivity index (χ2v) is 6.33. The summed E-state index contributed by atoms with van der Waals surface area (Å²) in [5, 5.41) is 10.3. The highest BCUT2D eigenvalue weighted by molar-refractivity contribution is 5.19. The number of hydrogen-bond donors (Lipinski definition) is 1. The van der Waals surface area contributed by atoms with E-state index >= 15 is 0 Å². The van der Waals surface area contributed by atoms with Crippen molar-refractivity contribution >= 4 is 0 Å². The zero-order chi connectivity index (χ0) is 13.1. The van der Waals surface area contributed by atoms with E-state index in [1.807, 2.05) is 0 Å². The van der Waals surface area contributed by atoms with Gasteiger partial charge in [-0.1, -0.05) is 39.0 Å². The van der Waals surface area contributed by atoms with Gasteiger partial charge in [-0.2, -0.15) is 0 Å². The normalized spacial score (nSPS) is 15.6. The lowest BCUT2D eigenvalue weighted by Gasteiger charge is -2.28. The number of benzene rings is 1. The summed E-state index contributed by atoms with van der Waals surface area (Å²) in [5.74, 6) is -0.233. The zero-order valence-electron chi connectivity index (χ0n) is 11.3. The first-order valence-electron chi connectivity index (χ1n) is 6.15. The Morgan fingerprint density at radius 3 is 2.18 bits per heavy atom. The lowest BCUT2D eigenvalue weighted by Crippen LogP contribution is -2.29. The van der Waals surface area contributed by atoms with Gasteiger partial charge in [0.15, 0.2) is 0 Å². The Kier molecular flexibility index (Phi) is 4.31. The topological polar surface area (TPSA) is 20.2 Å². The SMILES string of the molecule is CC(C)(C)CCC(C)(O)Cc1ccccc1F. The summed E-state index contributed by atoms with van der Waals surface area (Å²) in [5.41, 5.74) is -0.0549. The summed E-state index contributed by atoms with van der Waals surface area (Å²) in [6.45, 7) is 8.22. The summed E-state index contributed by atoms with van der Waals surface area (Å²) in [6.07, 6.45) is 1.98. The van der Waals surface area contributed by atoms with Crippen LogP contribution < -0.4 is 0 Å². The Bertz CT molecular complexity index is 363. The fraction of sp³-hybridized carbons (Fsp3) is 0.600. The van der Waals surface area contributed by atoms with Crippen molar-refractivity contribution in [1.82, 2.24) is 0 Å². The maximum atomic E-state index is 13.5. The van der Waals surface area contributed by atoms with Crippen LogP contribution in [0.2, 0.25) is 0 Å². The van der Waals surface area contributed by atoms with Gasteiger partial charge < -0.3 is 5.11 Å². The highest BCUT2D eigenvalue weighted by Crippen LogP contribution is 2.28. The maximum absolute atomic E-state index is 13.5. The number of halogens is 1. The molecular formula is C15H23FO. The Hall–Kier alpha value is -0.890. The molecule has 1 nitrogen and oxygen atoms in total. The second kappa shape index (κ2) is 5.18. The Balaban J connectivity index is 2.64. The van der Waals surface area contributed by atoms with Crippen LogP contribution in [0.5, 0.6) is 0 Å². The third-order valence-electron chi connectivity index (χ3n) is 2.94. The van der Waals surface area contributed by atoms with E-state index in [1.54, 1.807) is 25.1 Å². The van der Waals surface area contributed by atoms with Crippen molar-refractivity contribution in [2.75, 3.05) is 0 Å². The van der Waals surface area contributed by atoms with E-state index in [-0.39, 0.29) is 11.2 Å². The van der Waals surface area contributed by atoms with E-state index in [9.17, 15) is 9.50 Å². The third kappa shape index (κ3) is 5.31. The minimum absolute atomic E-state index is 0.194. The third-order valence-corrected chi connectivity index (χ3v) is 2.94. The summed E-state index contributed by atoms with van der Waals surface area (Å²) in [7, 11) is 0. The Morgan fingerprint density at radius 2 is 1.65 bits per heavy atom. The van der Waals surface area contributed by atoms with Crippen molar-refractivity contribution in [1.29, 1.82) is 0 Å². The molecule has 1 unspecified atom stereocenters. The number of rotatable bonds is 4. The van der Waals surface area contributed by atoms with Gasteiger partial charge in [0.1, 0.15) is 5.82 Å². The molecule has 0 amide bonds. The quantitative estimate of drug-likeness (QED) is 0.842. The van der Waals surface area contributed by atoms with Crippen LogP contribution in [0.3, 0.4) is 0 Å². The molecule has 0 saturated heterocycles. The summed E-state index contributed by atoms with van der Waals surface area (Å²) in [4.78, 5) is 0. The standard InChI is InChI=1S/C15H23FO/c1-14(2,3)9-10-15(4,17)11-12-7-5-6-8-13(12)16/h5-8,17H,9-11H2,1-4H3. The molecule has 17 heavy (non-hydrogen) atoms. The van der Waals surface area contributed by atoms with Gasteiger partial charge in [-0.3, -0.25) is 0 Å². The maximum Gasteiger partial charge on any atom is 0.126 e. The molecule has 0 aliphatic rings. The van der Waals surface area contributed by atoms with Crippen LogP contribution in [-0.2, 0) is 6.42 Å². The first kappa shape index (κ1) is 14.2. The molecule has 2 heteroatoms. The molecule has 1 atom stereocenters. The molecule has 0 bridgehead atoms. The molecule has 0 aliphatic heterocycles. The minimum Gasteiger partial charge on any atom is -0.390 e. The highest BCUT2D eigenvalue weighted by Gasteiger charge is 2.24. The molecule has 0 aromatic heterocycles. The van der Waals surface area contributed by atoms with Crippen LogP contribution in [-0.4, -0.2) is 10.7 Å². The van der Waals surface area contributed by atoms with Crippen LogP contribution in [0, 0.1) is 11.2 Å².